The number of carbonyl (C=O) groups excluding carboxylic acids is 1. The van der Waals surface area contributed by atoms with Crippen LogP contribution in [0.4, 0.5) is 0 Å². The van der Waals surface area contributed by atoms with Gasteiger partial charge in [0.25, 0.3) is 0 Å². The second-order valence-corrected chi connectivity index (χ2v) is 6.49. The molecule has 1 aliphatic rings. The number of hydrogen-bond donors (Lipinski definition) is 1. The number of fused-ring (bicyclic) bond motifs is 1. The molecular weight excluding hydrogens is 358 g/mol. The zero-order valence-corrected chi connectivity index (χ0v) is 15.6. The minimum Gasteiger partial charge on any atom is -0.481 e. The van der Waals surface area contributed by atoms with Crippen LogP contribution < -0.4 is 5.69 Å². The molecule has 3 rings (SSSR count). The van der Waals surface area contributed by atoms with E-state index in [0.29, 0.717) is 26.1 Å². The summed E-state index contributed by atoms with van der Waals surface area (Å²) in [5.41, 5.74) is 1.62. The van der Waals surface area contributed by atoms with Crippen LogP contribution in [0, 0.1) is 5.92 Å². The monoisotopic (exact) mass is 381 g/mol. The Hall–Kier alpha value is -2.28. The van der Waals surface area contributed by atoms with Gasteiger partial charge in [0.15, 0.2) is 0 Å². The molecule has 1 saturated heterocycles. The number of halogens is 1. The van der Waals surface area contributed by atoms with Crippen molar-refractivity contribution in [2.24, 2.45) is 5.92 Å². The van der Waals surface area contributed by atoms with Gasteiger partial charge in [0.2, 0.25) is 5.91 Å². The Morgan fingerprint density at radius 3 is 2.31 bits per heavy atom. The number of para-hydroxylation sites is 2. The van der Waals surface area contributed by atoms with Crippen LogP contribution >= 0.6 is 12.4 Å². The third-order valence-corrected chi connectivity index (χ3v) is 4.81. The lowest BCUT2D eigenvalue weighted by atomic mass is 10.1. The van der Waals surface area contributed by atoms with Gasteiger partial charge in [0.05, 0.1) is 17.0 Å². The first-order valence-corrected chi connectivity index (χ1v) is 8.71. The van der Waals surface area contributed by atoms with Crippen molar-refractivity contribution in [1.29, 1.82) is 0 Å². The number of carboxylic acids is 1. The normalized spacial score (nSPS) is 16.7. The molecule has 1 N–H and O–H groups in total. The van der Waals surface area contributed by atoms with Gasteiger partial charge in [-0.1, -0.05) is 19.1 Å². The molecule has 1 aromatic carbocycles. The number of imidazole rings is 1. The Balaban J connectivity index is 0.00000243. The molecule has 8 heteroatoms. The molecule has 1 unspecified atom stereocenters. The van der Waals surface area contributed by atoms with Crippen molar-refractivity contribution < 1.29 is 14.7 Å². The van der Waals surface area contributed by atoms with Gasteiger partial charge in [-0.3, -0.25) is 18.7 Å². The number of nitrogens with zero attached hydrogens (tertiary/aromatic N) is 3. The number of likely N-dealkylation sites (tertiary alicyclic amines) is 1. The third kappa shape index (κ3) is 3.77. The minimum atomic E-state index is -0.853. The summed E-state index contributed by atoms with van der Waals surface area (Å²) < 4.78 is 3.39. The number of aliphatic carboxylic acids is 1. The Kier molecular flexibility index (Phi) is 6.47. The van der Waals surface area contributed by atoms with Crippen LogP contribution in [0.25, 0.3) is 11.0 Å². The van der Waals surface area contributed by atoms with Gasteiger partial charge in [0.1, 0.15) is 0 Å². The second kappa shape index (κ2) is 8.40. The summed E-state index contributed by atoms with van der Waals surface area (Å²) >= 11 is 0. The quantitative estimate of drug-likeness (QED) is 0.828. The van der Waals surface area contributed by atoms with Crippen molar-refractivity contribution in [2.45, 2.75) is 39.3 Å². The van der Waals surface area contributed by atoms with Gasteiger partial charge >= 0.3 is 11.7 Å². The smallest absolute Gasteiger partial charge is 0.329 e. The molecule has 7 nitrogen and oxygen atoms in total. The first kappa shape index (κ1) is 20.0. The Morgan fingerprint density at radius 1 is 1.15 bits per heavy atom. The van der Waals surface area contributed by atoms with Gasteiger partial charge in [-0.25, -0.2) is 4.79 Å². The number of aryl methyl sites for hydroxylation is 2. The average Bonchev–Trinajstić information content (AvgIpc) is 3.19. The second-order valence-electron chi connectivity index (χ2n) is 6.49. The van der Waals surface area contributed by atoms with Crippen LogP contribution in [-0.2, 0) is 22.7 Å². The zero-order chi connectivity index (χ0) is 18.0. The van der Waals surface area contributed by atoms with Crippen molar-refractivity contribution in [2.75, 3.05) is 13.1 Å². The van der Waals surface area contributed by atoms with E-state index in [-0.39, 0.29) is 37.0 Å². The molecule has 2 aromatic rings. The maximum Gasteiger partial charge on any atom is 0.329 e. The molecule has 0 aliphatic carbocycles. The largest absolute Gasteiger partial charge is 0.481 e. The van der Waals surface area contributed by atoms with Crippen LogP contribution in [-0.4, -0.2) is 44.1 Å². The highest BCUT2D eigenvalue weighted by molar-refractivity contribution is 5.85. The lowest BCUT2D eigenvalue weighted by Gasteiger charge is -2.15. The molecule has 142 valence electrons. The van der Waals surface area contributed by atoms with E-state index in [1.54, 1.807) is 14.0 Å². The lowest BCUT2D eigenvalue weighted by molar-refractivity contribution is -0.141. The summed E-state index contributed by atoms with van der Waals surface area (Å²) in [4.78, 5) is 37.7. The molecule has 1 fully saturated rings. The van der Waals surface area contributed by atoms with Crippen LogP contribution in [0.1, 0.15) is 26.2 Å². The summed E-state index contributed by atoms with van der Waals surface area (Å²) in [5.74, 6) is -1.42. The van der Waals surface area contributed by atoms with Gasteiger partial charge in [-0.15, -0.1) is 12.4 Å². The van der Waals surface area contributed by atoms with Crippen LogP contribution in [0.5, 0.6) is 0 Å². The fourth-order valence-corrected chi connectivity index (χ4v) is 3.48. The highest BCUT2D eigenvalue weighted by Crippen LogP contribution is 2.18. The van der Waals surface area contributed by atoms with Gasteiger partial charge in [-0.05, 0) is 25.0 Å². The fraction of sp³-hybridized carbons (Fsp3) is 0.500. The molecule has 1 aromatic heterocycles. The summed E-state index contributed by atoms with van der Waals surface area (Å²) in [6.07, 6.45) is 1.56. The van der Waals surface area contributed by atoms with E-state index in [4.69, 9.17) is 5.11 Å². The fourth-order valence-electron chi connectivity index (χ4n) is 3.48. The number of aromatic nitrogens is 2. The van der Waals surface area contributed by atoms with Gasteiger partial charge in [-0.2, -0.15) is 0 Å². The first-order valence-electron chi connectivity index (χ1n) is 8.71. The van der Waals surface area contributed by atoms with Gasteiger partial charge in [0, 0.05) is 32.6 Å². The molecule has 1 aliphatic heterocycles. The van der Waals surface area contributed by atoms with E-state index in [2.05, 4.69) is 0 Å². The summed E-state index contributed by atoms with van der Waals surface area (Å²) in [6.45, 7) is 3.72. The SMILES string of the molecule is CCCn1c(=O)n(CCC(=O)N2CCC(C(=O)O)C2)c2ccccc21.Cl. The lowest BCUT2D eigenvalue weighted by Crippen LogP contribution is -2.32. The predicted molar refractivity (Wildman–Crippen MR) is 101 cm³/mol. The Morgan fingerprint density at radius 2 is 1.77 bits per heavy atom. The third-order valence-electron chi connectivity index (χ3n) is 4.81. The van der Waals surface area contributed by atoms with Crippen LogP contribution in [0.2, 0.25) is 0 Å². The molecule has 0 radical (unpaired) electrons. The van der Waals surface area contributed by atoms with Crippen molar-refractivity contribution >= 4 is 35.3 Å². The number of carboxylic acid groups (broad SMARTS) is 1. The summed E-state index contributed by atoms with van der Waals surface area (Å²) in [5, 5.41) is 9.04. The highest BCUT2D eigenvalue weighted by Gasteiger charge is 2.30. The first-order chi connectivity index (χ1) is 12.0. The molecule has 26 heavy (non-hydrogen) atoms. The van der Waals surface area contributed by atoms with Gasteiger partial charge < -0.3 is 10.0 Å². The van der Waals surface area contributed by atoms with Crippen molar-refractivity contribution in [3.8, 4) is 0 Å². The molecule has 1 atom stereocenters. The summed E-state index contributed by atoms with van der Waals surface area (Å²) in [7, 11) is 0. The van der Waals surface area contributed by atoms with Crippen LogP contribution in [0.3, 0.4) is 0 Å². The molecule has 0 spiro atoms. The van der Waals surface area contributed by atoms with Crippen molar-refractivity contribution in [3.05, 3.63) is 34.7 Å². The molecular formula is C18H24ClN3O4. The van der Waals surface area contributed by atoms with E-state index in [0.717, 1.165) is 17.5 Å². The van der Waals surface area contributed by atoms with Crippen LogP contribution in [0.15, 0.2) is 29.1 Å². The highest BCUT2D eigenvalue weighted by atomic mass is 35.5. The number of carbonyl (C=O) groups is 2. The minimum absolute atomic E-state index is 0. The number of hydrogen-bond acceptors (Lipinski definition) is 3. The standard InChI is InChI=1S/C18H23N3O4.ClH/c1-2-9-20-14-5-3-4-6-15(14)21(18(20)25)11-8-16(22)19-10-7-13(12-19)17(23)24;/h3-6,13H,2,7-12H2,1H3,(H,23,24);1H. The van der Waals surface area contributed by atoms with E-state index in [9.17, 15) is 14.4 Å². The Labute approximate surface area is 157 Å². The number of amides is 1. The van der Waals surface area contributed by atoms with Crippen molar-refractivity contribution in [1.82, 2.24) is 14.0 Å². The number of rotatable bonds is 6. The maximum atomic E-state index is 12.7. The van der Waals surface area contributed by atoms with Crippen molar-refractivity contribution in [3.63, 3.8) is 0 Å². The average molecular weight is 382 g/mol. The van der Waals surface area contributed by atoms with E-state index < -0.39 is 11.9 Å². The van der Waals surface area contributed by atoms with E-state index >= 15 is 0 Å². The topological polar surface area (TPSA) is 84.5 Å². The summed E-state index contributed by atoms with van der Waals surface area (Å²) in [6, 6.07) is 7.60. The molecule has 1 amide bonds. The molecule has 2 heterocycles. The number of benzene rings is 1. The molecule has 0 bridgehead atoms. The van der Waals surface area contributed by atoms with E-state index in [1.165, 1.54) is 0 Å². The zero-order valence-electron chi connectivity index (χ0n) is 14.8. The van der Waals surface area contributed by atoms with E-state index in [1.807, 2.05) is 31.2 Å². The maximum absolute atomic E-state index is 12.7. The molecule has 0 saturated carbocycles. The predicted octanol–water partition coefficient (Wildman–Crippen LogP) is 1.96. The Bertz CT molecular complexity index is 858.